The van der Waals surface area contributed by atoms with Crippen LogP contribution in [0.5, 0.6) is 0 Å². The van der Waals surface area contributed by atoms with Crippen LogP contribution < -0.4 is 5.73 Å². The maximum atomic E-state index is 15.2. The average Bonchev–Trinajstić information content (AvgIpc) is 3.01. The molecular formula is C18H16F2N4OS. The Morgan fingerprint density at radius 1 is 1.42 bits per heavy atom. The standard InChI is InChI=1S/C18H16F2N4OS/c1-9-16(25)24(3)17(22)23-18(9,2)15-14(20)12(8-26-15)10-4-5-13(19)11(6-10)7-21/h4-6,8-9H,1-3H3,(H2,22,23)/t9-,18-/m0/s1. The number of thiophene rings is 1. The minimum Gasteiger partial charge on any atom is -0.369 e. The Bertz CT molecular complexity index is 978. The number of nitriles is 1. The van der Waals surface area contributed by atoms with Gasteiger partial charge in [0.1, 0.15) is 23.2 Å². The third kappa shape index (κ3) is 2.56. The molecule has 3 rings (SSSR count). The number of nitrogens with zero attached hydrogens (tertiary/aromatic N) is 3. The number of nitrogens with two attached hydrogens (primary N) is 1. The second-order valence-electron chi connectivity index (χ2n) is 6.34. The number of aliphatic imine (C=N–C) groups is 1. The highest BCUT2D eigenvalue weighted by molar-refractivity contribution is 7.10. The van der Waals surface area contributed by atoms with Crippen LogP contribution in [0.1, 0.15) is 24.3 Å². The summed E-state index contributed by atoms with van der Waals surface area (Å²) in [7, 11) is 1.52. The van der Waals surface area contributed by atoms with E-state index in [0.717, 1.165) is 17.4 Å². The van der Waals surface area contributed by atoms with Gasteiger partial charge in [-0.05, 0) is 24.6 Å². The van der Waals surface area contributed by atoms with E-state index in [1.807, 2.05) is 0 Å². The van der Waals surface area contributed by atoms with Crippen LogP contribution >= 0.6 is 11.3 Å². The first-order valence-electron chi connectivity index (χ1n) is 7.81. The van der Waals surface area contributed by atoms with Crippen molar-refractivity contribution in [3.05, 3.63) is 45.7 Å². The van der Waals surface area contributed by atoms with E-state index in [-0.39, 0.29) is 27.9 Å². The lowest BCUT2D eigenvalue weighted by atomic mass is 9.83. The molecule has 134 valence electrons. The van der Waals surface area contributed by atoms with Crippen LogP contribution in [0.25, 0.3) is 11.1 Å². The van der Waals surface area contributed by atoms with Crippen molar-refractivity contribution in [1.82, 2.24) is 4.90 Å². The van der Waals surface area contributed by atoms with Crippen molar-refractivity contribution in [2.45, 2.75) is 19.4 Å². The molecule has 0 saturated heterocycles. The van der Waals surface area contributed by atoms with Crippen molar-refractivity contribution in [2.75, 3.05) is 7.05 Å². The molecule has 1 aromatic heterocycles. The average molecular weight is 374 g/mol. The molecule has 0 bridgehead atoms. The van der Waals surface area contributed by atoms with Gasteiger partial charge in [-0.2, -0.15) is 5.26 Å². The fourth-order valence-corrected chi connectivity index (χ4v) is 4.11. The number of benzene rings is 1. The summed E-state index contributed by atoms with van der Waals surface area (Å²) in [5, 5.41) is 10.5. The summed E-state index contributed by atoms with van der Waals surface area (Å²) in [4.78, 5) is 18.3. The Morgan fingerprint density at radius 3 is 2.77 bits per heavy atom. The molecule has 2 N–H and O–H groups in total. The van der Waals surface area contributed by atoms with E-state index >= 15 is 4.39 Å². The molecule has 1 aliphatic heterocycles. The molecule has 2 heterocycles. The number of carbonyl (C=O) groups excluding carboxylic acids is 1. The molecule has 0 unspecified atom stereocenters. The van der Waals surface area contributed by atoms with Gasteiger partial charge in [-0.15, -0.1) is 11.3 Å². The number of hydrogen-bond acceptors (Lipinski definition) is 5. The SMILES string of the molecule is C[C@H]1C(=O)N(C)C(N)=N[C@]1(C)c1scc(-c2ccc(F)c(C#N)c2)c1F. The highest BCUT2D eigenvalue weighted by Crippen LogP contribution is 2.44. The van der Waals surface area contributed by atoms with E-state index < -0.39 is 23.1 Å². The fraction of sp³-hybridized carbons (Fsp3) is 0.278. The molecule has 2 atom stereocenters. The summed E-state index contributed by atoms with van der Waals surface area (Å²) in [5.41, 5.74) is 5.14. The van der Waals surface area contributed by atoms with Gasteiger partial charge in [0.2, 0.25) is 5.91 Å². The number of guanidine groups is 1. The quantitative estimate of drug-likeness (QED) is 0.876. The van der Waals surface area contributed by atoms with Gasteiger partial charge < -0.3 is 5.73 Å². The third-order valence-corrected chi connectivity index (χ3v) is 6.00. The van der Waals surface area contributed by atoms with Gasteiger partial charge in [0.05, 0.1) is 16.4 Å². The van der Waals surface area contributed by atoms with Crippen molar-refractivity contribution in [3.8, 4) is 17.2 Å². The predicted molar refractivity (Wildman–Crippen MR) is 95.3 cm³/mol. The molecule has 5 nitrogen and oxygen atoms in total. The van der Waals surface area contributed by atoms with Gasteiger partial charge in [-0.25, -0.2) is 13.8 Å². The lowest BCUT2D eigenvalue weighted by Gasteiger charge is -2.38. The highest BCUT2D eigenvalue weighted by atomic mass is 32.1. The van der Waals surface area contributed by atoms with Crippen LogP contribution in [-0.4, -0.2) is 23.8 Å². The van der Waals surface area contributed by atoms with Gasteiger partial charge in [-0.3, -0.25) is 9.69 Å². The van der Waals surface area contributed by atoms with Crippen molar-refractivity contribution >= 4 is 23.2 Å². The molecular weight excluding hydrogens is 358 g/mol. The summed E-state index contributed by atoms with van der Waals surface area (Å²) >= 11 is 1.12. The summed E-state index contributed by atoms with van der Waals surface area (Å²) in [6.45, 7) is 3.35. The van der Waals surface area contributed by atoms with Crippen LogP contribution in [0, 0.1) is 28.9 Å². The van der Waals surface area contributed by atoms with Gasteiger partial charge >= 0.3 is 0 Å². The maximum absolute atomic E-state index is 15.2. The van der Waals surface area contributed by atoms with Gasteiger partial charge in [0, 0.05) is 18.0 Å². The van der Waals surface area contributed by atoms with Crippen LogP contribution in [0.15, 0.2) is 28.6 Å². The Balaban J connectivity index is 2.13. The molecule has 0 fully saturated rings. The Labute approximate surface area is 153 Å². The van der Waals surface area contributed by atoms with Gasteiger partial charge in [-0.1, -0.05) is 13.0 Å². The number of rotatable bonds is 2. The molecule has 26 heavy (non-hydrogen) atoms. The first-order chi connectivity index (χ1) is 12.2. The number of amides is 1. The minimum atomic E-state index is -1.14. The van der Waals surface area contributed by atoms with Gasteiger partial charge in [0.15, 0.2) is 5.96 Å². The van der Waals surface area contributed by atoms with Gasteiger partial charge in [0.25, 0.3) is 0 Å². The predicted octanol–water partition coefficient (Wildman–Crippen LogP) is 3.20. The van der Waals surface area contributed by atoms with Crippen molar-refractivity contribution in [1.29, 1.82) is 5.26 Å². The third-order valence-electron chi connectivity index (χ3n) is 4.82. The second kappa shape index (κ2) is 6.18. The smallest absolute Gasteiger partial charge is 0.234 e. The lowest BCUT2D eigenvalue weighted by molar-refractivity contribution is -0.133. The van der Waals surface area contributed by atoms with Crippen molar-refractivity contribution in [2.24, 2.45) is 16.6 Å². The summed E-state index contributed by atoms with van der Waals surface area (Å²) in [5.74, 6) is -2.04. The van der Waals surface area contributed by atoms with E-state index in [9.17, 15) is 9.18 Å². The summed E-state index contributed by atoms with van der Waals surface area (Å²) in [6.07, 6.45) is 0. The first kappa shape index (κ1) is 18.0. The van der Waals surface area contributed by atoms with E-state index in [0.29, 0.717) is 5.56 Å². The molecule has 1 aromatic carbocycles. The molecule has 2 aromatic rings. The van der Waals surface area contributed by atoms with Crippen LogP contribution in [0.2, 0.25) is 0 Å². The zero-order chi connectivity index (χ0) is 19.2. The van der Waals surface area contributed by atoms with Crippen molar-refractivity contribution < 1.29 is 13.6 Å². The van der Waals surface area contributed by atoms with E-state index in [1.54, 1.807) is 25.3 Å². The molecule has 0 saturated carbocycles. The topological polar surface area (TPSA) is 82.5 Å². The summed E-state index contributed by atoms with van der Waals surface area (Å²) in [6, 6.07) is 5.58. The number of halogens is 2. The molecule has 0 aliphatic carbocycles. The maximum Gasteiger partial charge on any atom is 0.234 e. The monoisotopic (exact) mass is 374 g/mol. The first-order valence-corrected chi connectivity index (χ1v) is 8.69. The minimum absolute atomic E-state index is 0.0264. The van der Waals surface area contributed by atoms with Crippen molar-refractivity contribution in [3.63, 3.8) is 0 Å². The van der Waals surface area contributed by atoms with E-state index in [2.05, 4.69) is 4.99 Å². The van der Waals surface area contributed by atoms with Crippen LogP contribution in [0.4, 0.5) is 8.78 Å². The zero-order valence-electron chi connectivity index (χ0n) is 14.4. The molecule has 8 heteroatoms. The Kier molecular flexibility index (Phi) is 4.28. The van der Waals surface area contributed by atoms with Crippen LogP contribution in [0.3, 0.4) is 0 Å². The highest BCUT2D eigenvalue weighted by Gasteiger charge is 2.46. The second-order valence-corrected chi connectivity index (χ2v) is 7.22. The van der Waals surface area contributed by atoms with E-state index in [4.69, 9.17) is 11.0 Å². The van der Waals surface area contributed by atoms with E-state index in [1.165, 1.54) is 24.1 Å². The summed E-state index contributed by atoms with van der Waals surface area (Å²) < 4.78 is 28.7. The fourth-order valence-electron chi connectivity index (χ4n) is 2.96. The molecule has 0 radical (unpaired) electrons. The molecule has 0 spiro atoms. The normalized spacial score (nSPS) is 22.9. The lowest BCUT2D eigenvalue weighted by Crippen LogP contribution is -2.52. The number of hydrogen-bond donors (Lipinski definition) is 1. The largest absolute Gasteiger partial charge is 0.369 e. The van der Waals surface area contributed by atoms with Crippen LogP contribution in [-0.2, 0) is 10.3 Å². The number of carbonyl (C=O) groups is 1. The Morgan fingerprint density at radius 2 is 2.12 bits per heavy atom. The zero-order valence-corrected chi connectivity index (χ0v) is 15.2. The molecule has 1 aliphatic rings. The molecule has 1 amide bonds. The Hall–Kier alpha value is -2.79.